The minimum Gasteiger partial charge on any atom is -0.497 e. The molecule has 1 atom stereocenters. The predicted octanol–water partition coefficient (Wildman–Crippen LogP) is 3.91. The molecule has 0 bridgehead atoms. The van der Waals surface area contributed by atoms with Crippen LogP contribution in [0, 0.1) is 11.3 Å². The number of halogens is 1. The van der Waals surface area contributed by atoms with E-state index in [1.807, 2.05) is 18.2 Å². The van der Waals surface area contributed by atoms with Crippen molar-refractivity contribution in [2.45, 2.75) is 6.10 Å². The van der Waals surface area contributed by atoms with Crippen molar-refractivity contribution in [3.63, 3.8) is 0 Å². The van der Waals surface area contributed by atoms with Gasteiger partial charge in [0.25, 0.3) is 0 Å². The summed E-state index contributed by atoms with van der Waals surface area (Å²) in [6, 6.07) is 14.6. The third kappa shape index (κ3) is 3.66. The third-order valence-corrected chi connectivity index (χ3v) is 4.14. The van der Waals surface area contributed by atoms with Crippen LogP contribution in [0.15, 0.2) is 48.7 Å². The molecule has 0 aliphatic carbocycles. The number of aliphatic hydroxyl groups is 1. The van der Waals surface area contributed by atoms with Crippen LogP contribution in [-0.4, -0.2) is 23.7 Å². The van der Waals surface area contributed by atoms with Crippen LogP contribution in [0.4, 0.5) is 5.69 Å². The van der Waals surface area contributed by atoms with Crippen LogP contribution < -0.4 is 10.1 Å². The molecule has 0 radical (unpaired) electrons. The Kier molecular flexibility index (Phi) is 5.03. The molecule has 5 nitrogen and oxygen atoms in total. The van der Waals surface area contributed by atoms with Crippen molar-refractivity contribution < 1.29 is 9.84 Å². The maximum Gasteiger partial charge on any atom is 0.119 e. The van der Waals surface area contributed by atoms with E-state index in [0.29, 0.717) is 22.0 Å². The topological polar surface area (TPSA) is 78.2 Å². The quantitative estimate of drug-likeness (QED) is 0.727. The zero-order valence-corrected chi connectivity index (χ0v) is 14.3. The van der Waals surface area contributed by atoms with Gasteiger partial charge in [-0.3, -0.25) is 4.98 Å². The Hall–Kier alpha value is -2.81. The minimum absolute atomic E-state index is 0.230. The van der Waals surface area contributed by atoms with Crippen molar-refractivity contribution in [2.75, 3.05) is 19.0 Å². The fourth-order valence-electron chi connectivity index (χ4n) is 2.61. The van der Waals surface area contributed by atoms with Gasteiger partial charge in [-0.2, -0.15) is 5.26 Å². The first kappa shape index (κ1) is 17.0. The number of hydrogen-bond acceptors (Lipinski definition) is 5. The van der Waals surface area contributed by atoms with Gasteiger partial charge in [-0.1, -0.05) is 23.7 Å². The summed E-state index contributed by atoms with van der Waals surface area (Å²) in [5, 5.41) is 24.3. The highest BCUT2D eigenvalue weighted by Crippen LogP contribution is 2.29. The van der Waals surface area contributed by atoms with Crippen LogP contribution in [0.2, 0.25) is 5.02 Å². The summed E-state index contributed by atoms with van der Waals surface area (Å²) in [5.74, 6) is 0.676. The molecule has 2 aromatic carbocycles. The van der Waals surface area contributed by atoms with Gasteiger partial charge in [0.1, 0.15) is 11.8 Å². The maximum atomic E-state index is 10.4. The van der Waals surface area contributed by atoms with Gasteiger partial charge in [-0.15, -0.1) is 0 Å². The van der Waals surface area contributed by atoms with Crippen LogP contribution in [0.1, 0.15) is 17.2 Å². The average molecular weight is 354 g/mol. The predicted molar refractivity (Wildman–Crippen MR) is 97.9 cm³/mol. The van der Waals surface area contributed by atoms with Crippen molar-refractivity contribution in [2.24, 2.45) is 0 Å². The highest BCUT2D eigenvalue weighted by atomic mass is 35.5. The fraction of sp³-hybridized carbons (Fsp3) is 0.158. The molecule has 1 aromatic heterocycles. The molecule has 0 saturated heterocycles. The molecule has 0 aliphatic heterocycles. The summed E-state index contributed by atoms with van der Waals surface area (Å²) in [7, 11) is 1.58. The minimum atomic E-state index is -0.760. The molecule has 126 valence electrons. The van der Waals surface area contributed by atoms with E-state index in [2.05, 4.69) is 16.4 Å². The standard InChI is InChI=1S/C19H16ClN3O2/c1-25-15-4-2-3-12(7-15)18(24)11-23-19-13(9-21)10-22-17-6-5-14(20)8-16(17)19/h2-8,10,18,24H,11H2,1H3,(H,22,23). The number of anilines is 1. The van der Waals surface area contributed by atoms with Gasteiger partial charge in [0.05, 0.1) is 30.0 Å². The number of hydrogen-bond donors (Lipinski definition) is 2. The van der Waals surface area contributed by atoms with Crippen molar-refractivity contribution >= 4 is 28.2 Å². The lowest BCUT2D eigenvalue weighted by Gasteiger charge is -2.16. The number of methoxy groups -OCH3 is 1. The lowest BCUT2D eigenvalue weighted by atomic mass is 10.1. The number of nitrogens with one attached hydrogen (secondary N) is 1. The Morgan fingerprint density at radius 1 is 1.32 bits per heavy atom. The molecule has 0 spiro atoms. The Labute approximate surface area is 150 Å². The highest BCUT2D eigenvalue weighted by Gasteiger charge is 2.13. The molecule has 0 amide bonds. The number of aliphatic hydroxyl groups excluding tert-OH is 1. The lowest BCUT2D eigenvalue weighted by Crippen LogP contribution is -2.13. The smallest absolute Gasteiger partial charge is 0.119 e. The highest BCUT2D eigenvalue weighted by molar-refractivity contribution is 6.31. The molecule has 1 unspecified atom stereocenters. The second kappa shape index (κ2) is 7.39. The Morgan fingerprint density at radius 3 is 2.92 bits per heavy atom. The molecular formula is C19H16ClN3O2. The molecule has 0 fully saturated rings. The van der Waals surface area contributed by atoms with Crippen molar-refractivity contribution in [1.29, 1.82) is 5.26 Å². The van der Waals surface area contributed by atoms with Gasteiger partial charge in [0, 0.05) is 23.2 Å². The molecule has 3 aromatic rings. The third-order valence-electron chi connectivity index (χ3n) is 3.90. The zero-order valence-electron chi connectivity index (χ0n) is 13.5. The number of fused-ring (bicyclic) bond motifs is 1. The largest absolute Gasteiger partial charge is 0.497 e. The van der Waals surface area contributed by atoms with Crippen LogP contribution in [0.5, 0.6) is 5.75 Å². The molecule has 6 heteroatoms. The summed E-state index contributed by atoms with van der Waals surface area (Å²) in [6.45, 7) is 0.230. The second-order valence-electron chi connectivity index (χ2n) is 5.49. The summed E-state index contributed by atoms with van der Waals surface area (Å²) >= 11 is 6.08. The van der Waals surface area contributed by atoms with Gasteiger partial charge in [-0.25, -0.2) is 0 Å². The maximum absolute atomic E-state index is 10.4. The van der Waals surface area contributed by atoms with E-state index < -0.39 is 6.10 Å². The van der Waals surface area contributed by atoms with E-state index in [-0.39, 0.29) is 6.54 Å². The SMILES string of the molecule is COc1cccc(C(O)CNc2c(C#N)cnc3ccc(Cl)cc23)c1. The first-order valence-corrected chi connectivity index (χ1v) is 8.04. The van der Waals surface area contributed by atoms with Gasteiger partial charge in [0.2, 0.25) is 0 Å². The molecule has 1 heterocycles. The van der Waals surface area contributed by atoms with Crippen LogP contribution in [0.25, 0.3) is 10.9 Å². The van der Waals surface area contributed by atoms with Crippen molar-refractivity contribution in [3.05, 3.63) is 64.8 Å². The number of nitriles is 1. The summed E-state index contributed by atoms with van der Waals surface area (Å²) in [6.07, 6.45) is 0.750. The Balaban J connectivity index is 1.89. The lowest BCUT2D eigenvalue weighted by molar-refractivity contribution is 0.191. The van der Waals surface area contributed by atoms with Crippen LogP contribution >= 0.6 is 11.6 Å². The van der Waals surface area contributed by atoms with Gasteiger partial charge < -0.3 is 15.2 Å². The van der Waals surface area contributed by atoms with Gasteiger partial charge in [0.15, 0.2) is 0 Å². The number of aromatic nitrogens is 1. The van der Waals surface area contributed by atoms with E-state index in [0.717, 1.165) is 16.5 Å². The number of pyridine rings is 1. The summed E-state index contributed by atoms with van der Waals surface area (Å²) < 4.78 is 5.18. The average Bonchev–Trinajstić information content (AvgIpc) is 2.65. The zero-order chi connectivity index (χ0) is 17.8. The van der Waals surface area contributed by atoms with Crippen LogP contribution in [0.3, 0.4) is 0 Å². The molecule has 0 aliphatic rings. The van der Waals surface area contributed by atoms with E-state index >= 15 is 0 Å². The first-order chi connectivity index (χ1) is 12.1. The number of benzene rings is 2. The Morgan fingerprint density at radius 2 is 2.16 bits per heavy atom. The normalized spacial score (nSPS) is 11.8. The van der Waals surface area contributed by atoms with Crippen LogP contribution in [-0.2, 0) is 0 Å². The van der Waals surface area contributed by atoms with E-state index in [4.69, 9.17) is 16.3 Å². The summed E-state index contributed by atoms with van der Waals surface area (Å²) in [4.78, 5) is 4.26. The van der Waals surface area contributed by atoms with E-state index in [1.54, 1.807) is 31.4 Å². The number of ether oxygens (including phenoxy) is 1. The Bertz CT molecular complexity index is 953. The molecule has 3 rings (SSSR count). The van der Waals surface area contributed by atoms with E-state index in [1.165, 1.54) is 6.20 Å². The molecule has 25 heavy (non-hydrogen) atoms. The monoisotopic (exact) mass is 353 g/mol. The van der Waals surface area contributed by atoms with Crippen molar-refractivity contribution in [1.82, 2.24) is 4.98 Å². The van der Waals surface area contributed by atoms with Gasteiger partial charge >= 0.3 is 0 Å². The second-order valence-corrected chi connectivity index (χ2v) is 5.93. The fourth-order valence-corrected chi connectivity index (χ4v) is 2.78. The first-order valence-electron chi connectivity index (χ1n) is 7.66. The van der Waals surface area contributed by atoms with Crippen molar-refractivity contribution in [3.8, 4) is 11.8 Å². The molecular weight excluding hydrogens is 338 g/mol. The van der Waals surface area contributed by atoms with Gasteiger partial charge in [-0.05, 0) is 35.9 Å². The molecule has 2 N–H and O–H groups in total. The molecule has 0 saturated carbocycles. The number of rotatable bonds is 5. The number of nitrogens with zero attached hydrogens (tertiary/aromatic N) is 2. The summed E-state index contributed by atoms with van der Waals surface area (Å²) in [5.41, 5.74) is 2.45. The van der Waals surface area contributed by atoms with E-state index in [9.17, 15) is 10.4 Å².